The van der Waals surface area contributed by atoms with Gasteiger partial charge in [0.1, 0.15) is 0 Å². The topological polar surface area (TPSA) is 35.5 Å². The van der Waals surface area contributed by atoms with Crippen LogP contribution in [0, 0.1) is 0 Å². The molecule has 0 bridgehead atoms. The molecule has 1 aromatic rings. The van der Waals surface area contributed by atoms with Gasteiger partial charge in [-0.3, -0.25) is 0 Å². The van der Waals surface area contributed by atoms with E-state index in [9.17, 15) is 5.11 Å². The number of nitrogens with zero attached hydrogens (tertiary/aromatic N) is 1. The second-order valence-electron chi connectivity index (χ2n) is 5.96. The summed E-state index contributed by atoms with van der Waals surface area (Å²) >= 11 is 0. The maximum Gasteiger partial charge on any atom is 0.0635 e. The van der Waals surface area contributed by atoms with E-state index < -0.39 is 0 Å². The summed E-state index contributed by atoms with van der Waals surface area (Å²) in [6, 6.07) is 9.39. The van der Waals surface area contributed by atoms with Crippen molar-refractivity contribution >= 4 is 5.69 Å². The molecule has 0 spiro atoms. The van der Waals surface area contributed by atoms with E-state index in [4.69, 9.17) is 0 Å². The summed E-state index contributed by atoms with van der Waals surface area (Å²) in [5.41, 5.74) is 2.69. The Hall–Kier alpha value is -1.06. The molecule has 0 aliphatic carbocycles. The van der Waals surface area contributed by atoms with Crippen molar-refractivity contribution in [2.75, 3.05) is 24.6 Å². The smallest absolute Gasteiger partial charge is 0.0635 e. The van der Waals surface area contributed by atoms with Gasteiger partial charge in [0.05, 0.1) is 12.6 Å². The van der Waals surface area contributed by atoms with Gasteiger partial charge in [-0.05, 0) is 37.4 Å². The first-order valence-electron chi connectivity index (χ1n) is 8.51. The van der Waals surface area contributed by atoms with Crippen LogP contribution in [0.25, 0.3) is 0 Å². The number of hydrogen-bond acceptors (Lipinski definition) is 3. The van der Waals surface area contributed by atoms with Crippen LogP contribution >= 0.6 is 0 Å². The highest BCUT2D eigenvalue weighted by Crippen LogP contribution is 2.32. The largest absolute Gasteiger partial charge is 0.394 e. The first kappa shape index (κ1) is 16.3. The van der Waals surface area contributed by atoms with Gasteiger partial charge in [0.15, 0.2) is 0 Å². The Morgan fingerprint density at radius 1 is 1.24 bits per heavy atom. The molecule has 1 aliphatic heterocycles. The highest BCUT2D eigenvalue weighted by atomic mass is 16.3. The van der Waals surface area contributed by atoms with Crippen LogP contribution in [-0.4, -0.2) is 30.8 Å². The summed E-state index contributed by atoms with van der Waals surface area (Å²) in [4.78, 5) is 2.45. The Labute approximate surface area is 129 Å². The fourth-order valence-corrected chi connectivity index (χ4v) is 3.45. The molecule has 1 heterocycles. The standard InChI is InChI=1S/C18H30N2O/c1-3-17(19-4-2)16-11-7-8-12-18(16)20-13-9-5-6-10-15(20)14-21/h7-8,11-12,15,17,19,21H,3-6,9-10,13-14H2,1-2H3. The lowest BCUT2D eigenvalue weighted by Crippen LogP contribution is -2.38. The maximum absolute atomic E-state index is 9.78. The minimum Gasteiger partial charge on any atom is -0.394 e. The Bertz CT molecular complexity index is 421. The number of para-hydroxylation sites is 1. The summed E-state index contributed by atoms with van der Waals surface area (Å²) < 4.78 is 0. The average Bonchev–Trinajstić information content (AvgIpc) is 2.77. The fraction of sp³-hybridized carbons (Fsp3) is 0.667. The van der Waals surface area contributed by atoms with Crippen molar-refractivity contribution in [3.63, 3.8) is 0 Å². The number of aliphatic hydroxyl groups is 1. The Morgan fingerprint density at radius 3 is 2.76 bits per heavy atom. The number of rotatable bonds is 6. The van der Waals surface area contributed by atoms with E-state index in [1.165, 1.54) is 30.5 Å². The molecule has 2 unspecified atom stereocenters. The zero-order valence-electron chi connectivity index (χ0n) is 13.5. The molecule has 0 amide bonds. The molecule has 2 atom stereocenters. The van der Waals surface area contributed by atoms with E-state index in [1.54, 1.807) is 0 Å². The number of hydrogen-bond donors (Lipinski definition) is 2. The predicted molar refractivity (Wildman–Crippen MR) is 89.8 cm³/mol. The zero-order valence-corrected chi connectivity index (χ0v) is 13.5. The third-order valence-electron chi connectivity index (χ3n) is 4.57. The van der Waals surface area contributed by atoms with E-state index in [-0.39, 0.29) is 12.6 Å². The minimum absolute atomic E-state index is 0.256. The second kappa shape index (κ2) is 8.40. The van der Waals surface area contributed by atoms with E-state index in [1.807, 2.05) is 0 Å². The Kier molecular flexibility index (Phi) is 6.52. The zero-order chi connectivity index (χ0) is 15.1. The van der Waals surface area contributed by atoms with Crippen LogP contribution in [0.15, 0.2) is 24.3 Å². The molecule has 2 rings (SSSR count). The fourth-order valence-electron chi connectivity index (χ4n) is 3.45. The lowest BCUT2D eigenvalue weighted by molar-refractivity contribution is 0.255. The van der Waals surface area contributed by atoms with Gasteiger partial charge in [-0.15, -0.1) is 0 Å². The lowest BCUT2D eigenvalue weighted by Gasteiger charge is -2.34. The van der Waals surface area contributed by atoms with E-state index in [0.29, 0.717) is 6.04 Å². The molecule has 3 nitrogen and oxygen atoms in total. The highest BCUT2D eigenvalue weighted by Gasteiger charge is 2.24. The average molecular weight is 290 g/mol. The monoisotopic (exact) mass is 290 g/mol. The van der Waals surface area contributed by atoms with Crippen molar-refractivity contribution in [2.45, 2.75) is 58.0 Å². The molecular formula is C18H30N2O. The molecule has 1 fully saturated rings. The normalized spacial score (nSPS) is 21.1. The van der Waals surface area contributed by atoms with Crippen molar-refractivity contribution in [3.05, 3.63) is 29.8 Å². The van der Waals surface area contributed by atoms with Gasteiger partial charge in [-0.2, -0.15) is 0 Å². The van der Waals surface area contributed by atoms with Crippen molar-refractivity contribution in [1.29, 1.82) is 0 Å². The van der Waals surface area contributed by atoms with Crippen LogP contribution in [0.1, 0.15) is 57.6 Å². The summed E-state index contributed by atoms with van der Waals surface area (Å²) in [5.74, 6) is 0. The Balaban J connectivity index is 2.32. The van der Waals surface area contributed by atoms with Gasteiger partial charge in [0.25, 0.3) is 0 Å². The van der Waals surface area contributed by atoms with Gasteiger partial charge in [0.2, 0.25) is 0 Å². The summed E-state index contributed by atoms with van der Waals surface area (Å²) in [6.45, 7) is 6.69. The molecule has 0 radical (unpaired) electrons. The molecule has 118 valence electrons. The van der Waals surface area contributed by atoms with Crippen molar-refractivity contribution < 1.29 is 5.11 Å². The van der Waals surface area contributed by atoms with Crippen LogP contribution < -0.4 is 10.2 Å². The number of benzene rings is 1. The van der Waals surface area contributed by atoms with Gasteiger partial charge < -0.3 is 15.3 Å². The van der Waals surface area contributed by atoms with E-state index in [0.717, 1.165) is 25.9 Å². The Morgan fingerprint density at radius 2 is 2.05 bits per heavy atom. The van der Waals surface area contributed by atoms with Crippen LogP contribution in [0.5, 0.6) is 0 Å². The van der Waals surface area contributed by atoms with Gasteiger partial charge >= 0.3 is 0 Å². The summed E-state index contributed by atoms with van der Waals surface area (Å²) in [6.07, 6.45) is 5.92. The molecule has 1 aliphatic rings. The SMILES string of the molecule is CCNC(CC)c1ccccc1N1CCCCCC1CO. The van der Waals surface area contributed by atoms with Gasteiger partial charge in [0, 0.05) is 18.3 Å². The molecule has 1 saturated heterocycles. The molecule has 21 heavy (non-hydrogen) atoms. The third-order valence-corrected chi connectivity index (χ3v) is 4.57. The number of anilines is 1. The molecule has 2 N–H and O–H groups in total. The molecule has 1 aromatic carbocycles. The first-order valence-corrected chi connectivity index (χ1v) is 8.51. The highest BCUT2D eigenvalue weighted by molar-refractivity contribution is 5.56. The van der Waals surface area contributed by atoms with Crippen molar-refractivity contribution in [3.8, 4) is 0 Å². The lowest BCUT2D eigenvalue weighted by atomic mass is 10.00. The van der Waals surface area contributed by atoms with Gasteiger partial charge in [-0.1, -0.05) is 44.9 Å². The number of aliphatic hydroxyl groups excluding tert-OH is 1. The second-order valence-corrected chi connectivity index (χ2v) is 5.96. The maximum atomic E-state index is 9.78. The van der Waals surface area contributed by atoms with Crippen LogP contribution in [0.4, 0.5) is 5.69 Å². The molecule has 0 aromatic heterocycles. The quantitative estimate of drug-likeness (QED) is 0.842. The summed E-state index contributed by atoms with van der Waals surface area (Å²) in [7, 11) is 0. The van der Waals surface area contributed by atoms with Crippen LogP contribution in [0.2, 0.25) is 0 Å². The summed E-state index contributed by atoms with van der Waals surface area (Å²) in [5, 5.41) is 13.4. The molecule has 0 saturated carbocycles. The minimum atomic E-state index is 0.256. The molecular weight excluding hydrogens is 260 g/mol. The van der Waals surface area contributed by atoms with Gasteiger partial charge in [-0.25, -0.2) is 0 Å². The van der Waals surface area contributed by atoms with Crippen molar-refractivity contribution in [2.24, 2.45) is 0 Å². The van der Waals surface area contributed by atoms with E-state index in [2.05, 4.69) is 48.3 Å². The first-order chi connectivity index (χ1) is 10.3. The predicted octanol–water partition coefficient (Wildman–Crippen LogP) is 3.49. The number of nitrogens with one attached hydrogen (secondary N) is 1. The van der Waals surface area contributed by atoms with Crippen molar-refractivity contribution in [1.82, 2.24) is 5.32 Å². The molecule has 3 heteroatoms. The van der Waals surface area contributed by atoms with Crippen LogP contribution in [-0.2, 0) is 0 Å². The third kappa shape index (κ3) is 3.98. The van der Waals surface area contributed by atoms with E-state index >= 15 is 0 Å². The van der Waals surface area contributed by atoms with Crippen LogP contribution in [0.3, 0.4) is 0 Å².